The first-order chi connectivity index (χ1) is 12.0. The topological polar surface area (TPSA) is 94.8 Å². The van der Waals surface area contributed by atoms with Crippen LogP contribution in [0.1, 0.15) is 31.8 Å². The monoisotopic (exact) mass is 336 g/mol. The molecule has 5 nitrogen and oxygen atoms in total. The third-order valence-electron chi connectivity index (χ3n) is 4.18. The van der Waals surface area contributed by atoms with Gasteiger partial charge >= 0.3 is 11.9 Å². The van der Waals surface area contributed by atoms with Crippen LogP contribution in [-0.2, 0) is 12.8 Å². The molecule has 3 aromatic carbocycles. The van der Waals surface area contributed by atoms with E-state index < -0.39 is 11.9 Å². The number of aryl methyl sites for hydroxylation is 2. The maximum Gasteiger partial charge on any atom is 0.339 e. The van der Waals surface area contributed by atoms with E-state index in [9.17, 15) is 19.8 Å². The Morgan fingerprint density at radius 1 is 0.760 bits per heavy atom. The molecule has 0 heterocycles. The Morgan fingerprint density at radius 3 is 2.20 bits per heavy atom. The van der Waals surface area contributed by atoms with E-state index in [0.717, 1.165) is 21.9 Å². The Balaban J connectivity index is 1.89. The number of carboxylic acids is 2. The van der Waals surface area contributed by atoms with Gasteiger partial charge in [0.1, 0.15) is 11.3 Å². The fraction of sp³-hybridized carbons (Fsp3) is 0.100. The molecule has 0 amide bonds. The average molecular weight is 336 g/mol. The predicted octanol–water partition coefficient (Wildman–Crippen LogP) is 3.73. The van der Waals surface area contributed by atoms with Gasteiger partial charge < -0.3 is 15.3 Å². The lowest BCUT2D eigenvalue weighted by Gasteiger charge is -2.08. The molecule has 0 spiro atoms. The zero-order valence-corrected chi connectivity index (χ0v) is 13.3. The highest BCUT2D eigenvalue weighted by molar-refractivity contribution is 5.97. The number of fused-ring (bicyclic) bond motifs is 1. The molecule has 0 fully saturated rings. The van der Waals surface area contributed by atoms with Gasteiger partial charge in [-0.1, -0.05) is 36.4 Å². The minimum Gasteiger partial charge on any atom is -0.507 e. The summed E-state index contributed by atoms with van der Waals surface area (Å²) in [4.78, 5) is 22.4. The molecule has 0 unspecified atom stereocenters. The van der Waals surface area contributed by atoms with Crippen LogP contribution in [0.5, 0.6) is 5.75 Å². The molecule has 0 saturated heterocycles. The lowest BCUT2D eigenvalue weighted by Crippen LogP contribution is -2.03. The predicted molar refractivity (Wildman–Crippen MR) is 93.4 cm³/mol. The fourth-order valence-corrected chi connectivity index (χ4v) is 2.89. The highest BCUT2D eigenvalue weighted by atomic mass is 16.4. The molecule has 0 atom stereocenters. The molecule has 126 valence electrons. The van der Waals surface area contributed by atoms with Crippen molar-refractivity contribution in [3.05, 3.63) is 76.9 Å². The molecule has 3 rings (SSSR count). The van der Waals surface area contributed by atoms with Crippen LogP contribution in [-0.4, -0.2) is 27.3 Å². The fourth-order valence-electron chi connectivity index (χ4n) is 2.89. The van der Waals surface area contributed by atoms with Gasteiger partial charge in [0.2, 0.25) is 0 Å². The molecular weight excluding hydrogens is 320 g/mol. The Labute approximate surface area is 143 Å². The number of aromatic hydroxyl groups is 1. The largest absolute Gasteiger partial charge is 0.507 e. The molecule has 25 heavy (non-hydrogen) atoms. The van der Waals surface area contributed by atoms with Gasteiger partial charge in [-0.2, -0.15) is 0 Å². The summed E-state index contributed by atoms with van der Waals surface area (Å²) in [6.07, 6.45) is 1.20. The van der Waals surface area contributed by atoms with Gasteiger partial charge in [0.05, 0.1) is 5.56 Å². The summed E-state index contributed by atoms with van der Waals surface area (Å²) in [5.41, 5.74) is 1.88. The van der Waals surface area contributed by atoms with Crippen molar-refractivity contribution in [1.29, 1.82) is 0 Å². The van der Waals surface area contributed by atoms with Gasteiger partial charge in [0.25, 0.3) is 0 Å². The molecule has 0 aromatic heterocycles. The van der Waals surface area contributed by atoms with E-state index in [1.165, 1.54) is 12.1 Å². The second-order valence-corrected chi connectivity index (χ2v) is 5.82. The number of phenols is 1. The molecule has 0 aliphatic carbocycles. The number of aromatic carboxylic acids is 2. The van der Waals surface area contributed by atoms with E-state index in [0.29, 0.717) is 18.4 Å². The molecular formula is C20H16O5. The number of rotatable bonds is 5. The van der Waals surface area contributed by atoms with E-state index in [1.54, 1.807) is 18.2 Å². The van der Waals surface area contributed by atoms with Gasteiger partial charge in [0, 0.05) is 0 Å². The highest BCUT2D eigenvalue weighted by Crippen LogP contribution is 2.26. The number of carbonyl (C=O) groups is 2. The standard InChI is InChI=1S/C20H16O5/c21-18-11-14-8-6-12(9-15(14)10-17(18)20(24)25)5-7-13-3-1-2-4-16(13)19(22)23/h1-4,6,8-11,21H,5,7H2,(H,22,23)(H,24,25). The Morgan fingerprint density at radius 2 is 1.48 bits per heavy atom. The van der Waals surface area contributed by atoms with Crippen molar-refractivity contribution in [1.82, 2.24) is 0 Å². The van der Waals surface area contributed by atoms with Gasteiger partial charge in [-0.3, -0.25) is 0 Å². The first-order valence-corrected chi connectivity index (χ1v) is 7.76. The smallest absolute Gasteiger partial charge is 0.339 e. The summed E-state index contributed by atoms with van der Waals surface area (Å²) in [6.45, 7) is 0. The molecule has 0 radical (unpaired) electrons. The van der Waals surface area contributed by atoms with Crippen molar-refractivity contribution in [3.8, 4) is 5.75 Å². The first kappa shape index (κ1) is 16.5. The third-order valence-corrected chi connectivity index (χ3v) is 4.18. The van der Waals surface area contributed by atoms with Crippen LogP contribution in [0.15, 0.2) is 54.6 Å². The van der Waals surface area contributed by atoms with Crippen molar-refractivity contribution in [2.24, 2.45) is 0 Å². The summed E-state index contributed by atoms with van der Waals surface area (Å²) in [7, 11) is 0. The summed E-state index contributed by atoms with van der Waals surface area (Å²) in [5, 5.41) is 29.6. The number of carboxylic acid groups (broad SMARTS) is 2. The van der Waals surface area contributed by atoms with Crippen molar-refractivity contribution >= 4 is 22.7 Å². The second-order valence-electron chi connectivity index (χ2n) is 5.82. The Kier molecular flexibility index (Phi) is 4.39. The van der Waals surface area contributed by atoms with Crippen molar-refractivity contribution in [3.63, 3.8) is 0 Å². The van der Waals surface area contributed by atoms with E-state index in [1.807, 2.05) is 24.3 Å². The lowest BCUT2D eigenvalue weighted by atomic mass is 9.97. The first-order valence-electron chi connectivity index (χ1n) is 7.76. The van der Waals surface area contributed by atoms with Gasteiger partial charge in [-0.15, -0.1) is 0 Å². The summed E-state index contributed by atoms with van der Waals surface area (Å²) < 4.78 is 0. The van der Waals surface area contributed by atoms with Crippen LogP contribution in [0.3, 0.4) is 0 Å². The van der Waals surface area contributed by atoms with Crippen LogP contribution < -0.4 is 0 Å². The summed E-state index contributed by atoms with van der Waals surface area (Å²) in [6, 6.07) is 15.3. The zero-order chi connectivity index (χ0) is 18.0. The normalized spacial score (nSPS) is 10.7. The minimum absolute atomic E-state index is 0.138. The number of hydrogen-bond donors (Lipinski definition) is 3. The van der Waals surface area contributed by atoms with Crippen LogP contribution in [0.2, 0.25) is 0 Å². The van der Waals surface area contributed by atoms with E-state index >= 15 is 0 Å². The van der Waals surface area contributed by atoms with E-state index in [4.69, 9.17) is 5.11 Å². The summed E-state index contributed by atoms with van der Waals surface area (Å²) >= 11 is 0. The van der Waals surface area contributed by atoms with Gasteiger partial charge in [-0.05, 0) is 52.9 Å². The quantitative estimate of drug-likeness (QED) is 0.660. The van der Waals surface area contributed by atoms with Gasteiger partial charge in [0.15, 0.2) is 0 Å². The molecule has 0 aliphatic rings. The highest BCUT2D eigenvalue weighted by Gasteiger charge is 2.12. The maximum absolute atomic E-state index is 11.3. The molecule has 5 heteroatoms. The van der Waals surface area contributed by atoms with Crippen molar-refractivity contribution in [2.75, 3.05) is 0 Å². The molecule has 0 saturated carbocycles. The molecule has 0 bridgehead atoms. The van der Waals surface area contributed by atoms with Crippen LogP contribution in [0, 0.1) is 0 Å². The number of benzene rings is 3. The second kappa shape index (κ2) is 6.65. The number of hydrogen-bond acceptors (Lipinski definition) is 3. The Hall–Kier alpha value is -3.34. The molecule has 3 aromatic rings. The zero-order valence-electron chi connectivity index (χ0n) is 13.3. The third kappa shape index (κ3) is 3.45. The van der Waals surface area contributed by atoms with Crippen LogP contribution in [0.25, 0.3) is 10.8 Å². The van der Waals surface area contributed by atoms with Crippen LogP contribution >= 0.6 is 0 Å². The van der Waals surface area contributed by atoms with Crippen molar-refractivity contribution < 1.29 is 24.9 Å². The minimum atomic E-state index is -1.18. The Bertz CT molecular complexity index is 975. The SMILES string of the molecule is O=C(O)c1cc2cc(CCc3ccccc3C(=O)O)ccc2cc1O. The summed E-state index contributed by atoms with van der Waals surface area (Å²) in [5.74, 6) is -2.39. The lowest BCUT2D eigenvalue weighted by molar-refractivity contribution is 0.0683. The van der Waals surface area contributed by atoms with E-state index in [2.05, 4.69) is 0 Å². The van der Waals surface area contributed by atoms with E-state index in [-0.39, 0.29) is 11.3 Å². The average Bonchev–Trinajstić information content (AvgIpc) is 2.59. The molecule has 0 aliphatic heterocycles. The van der Waals surface area contributed by atoms with Gasteiger partial charge in [-0.25, -0.2) is 9.59 Å². The maximum atomic E-state index is 11.3. The van der Waals surface area contributed by atoms with Crippen LogP contribution in [0.4, 0.5) is 0 Å². The molecule has 3 N–H and O–H groups in total. The van der Waals surface area contributed by atoms with Crippen molar-refractivity contribution in [2.45, 2.75) is 12.8 Å².